The Labute approximate surface area is 168 Å². The van der Waals surface area contributed by atoms with Gasteiger partial charge in [-0.2, -0.15) is 5.10 Å². The Balaban J connectivity index is 1.51. The standard InChI is InChI=1S/C21H24N4O2S/c1-14(26)18-13-17(24-25(18)15-9-5-4-6-10-15)20(27)23-21-22-16-11-7-2-3-8-12-19(16)28-21/h4-6,9-10,18H,2-3,7-8,11-13H2,1H3,(H,22,23,27). The van der Waals surface area contributed by atoms with Crippen molar-refractivity contribution in [3.63, 3.8) is 0 Å². The van der Waals surface area contributed by atoms with E-state index in [0.29, 0.717) is 17.3 Å². The van der Waals surface area contributed by atoms with Crippen molar-refractivity contribution in [1.82, 2.24) is 4.98 Å². The van der Waals surface area contributed by atoms with Crippen LogP contribution >= 0.6 is 11.3 Å². The van der Waals surface area contributed by atoms with Crippen LogP contribution < -0.4 is 10.3 Å². The third-order valence-electron chi connectivity index (χ3n) is 5.23. The van der Waals surface area contributed by atoms with Crippen LogP contribution in [0.3, 0.4) is 0 Å². The van der Waals surface area contributed by atoms with Gasteiger partial charge in [-0.05, 0) is 44.7 Å². The number of rotatable bonds is 4. The summed E-state index contributed by atoms with van der Waals surface area (Å²) in [4.78, 5) is 30.8. The van der Waals surface area contributed by atoms with Crippen molar-refractivity contribution in [2.75, 3.05) is 10.3 Å². The molecule has 1 amide bonds. The number of thiazole rings is 1. The number of Topliss-reactive ketones (excluding diaryl/α,β-unsaturated/α-hetero) is 1. The number of hydrogen-bond donors (Lipinski definition) is 1. The van der Waals surface area contributed by atoms with E-state index >= 15 is 0 Å². The van der Waals surface area contributed by atoms with Gasteiger partial charge < -0.3 is 0 Å². The van der Waals surface area contributed by atoms with E-state index in [9.17, 15) is 9.59 Å². The normalized spacial score (nSPS) is 19.4. The molecule has 1 aliphatic carbocycles. The Morgan fingerprint density at radius 3 is 2.61 bits per heavy atom. The molecular formula is C21H24N4O2S. The van der Waals surface area contributed by atoms with Gasteiger partial charge >= 0.3 is 0 Å². The Morgan fingerprint density at radius 2 is 1.86 bits per heavy atom. The first-order chi connectivity index (χ1) is 13.6. The number of fused-ring (bicyclic) bond motifs is 1. The van der Waals surface area contributed by atoms with Gasteiger partial charge in [-0.25, -0.2) is 4.98 Å². The molecule has 6 nitrogen and oxygen atoms in total. The number of hydrazone groups is 1. The lowest BCUT2D eigenvalue weighted by molar-refractivity contribution is -0.118. The molecule has 0 spiro atoms. The first kappa shape index (κ1) is 18.8. The van der Waals surface area contributed by atoms with Gasteiger partial charge in [-0.1, -0.05) is 31.0 Å². The lowest BCUT2D eigenvalue weighted by Crippen LogP contribution is -2.33. The predicted octanol–water partition coefficient (Wildman–Crippen LogP) is 3.96. The second-order valence-electron chi connectivity index (χ2n) is 7.31. The fraction of sp³-hybridized carbons (Fsp3) is 0.429. The number of carbonyl (C=O) groups excluding carboxylic acids is 2. The molecule has 1 N–H and O–H groups in total. The predicted molar refractivity (Wildman–Crippen MR) is 112 cm³/mol. The van der Waals surface area contributed by atoms with Crippen LogP contribution in [0.25, 0.3) is 0 Å². The highest BCUT2D eigenvalue weighted by Crippen LogP contribution is 2.29. The summed E-state index contributed by atoms with van der Waals surface area (Å²) in [6.07, 6.45) is 7.18. The quantitative estimate of drug-likeness (QED) is 0.849. The molecule has 0 saturated heterocycles. The minimum atomic E-state index is -0.445. The topological polar surface area (TPSA) is 74.7 Å². The Hall–Kier alpha value is -2.54. The number of aryl methyl sites for hydroxylation is 2. The Bertz CT molecular complexity index is 881. The molecule has 0 fully saturated rings. The van der Waals surface area contributed by atoms with Crippen molar-refractivity contribution in [2.45, 2.75) is 57.9 Å². The van der Waals surface area contributed by atoms with Crippen LogP contribution in [0.2, 0.25) is 0 Å². The SMILES string of the molecule is CC(=O)C1CC(C(=O)Nc2nc3c(s2)CCCCCC3)=NN1c1ccccc1. The summed E-state index contributed by atoms with van der Waals surface area (Å²) in [5, 5.41) is 9.66. The highest BCUT2D eigenvalue weighted by Gasteiger charge is 2.34. The van der Waals surface area contributed by atoms with E-state index in [1.54, 1.807) is 16.3 Å². The molecule has 28 heavy (non-hydrogen) atoms. The Morgan fingerprint density at radius 1 is 1.11 bits per heavy atom. The lowest BCUT2D eigenvalue weighted by atomic mass is 10.0. The van der Waals surface area contributed by atoms with E-state index in [2.05, 4.69) is 15.4 Å². The van der Waals surface area contributed by atoms with Gasteiger partial charge in [-0.3, -0.25) is 19.9 Å². The number of anilines is 2. The molecule has 1 aliphatic heterocycles. The first-order valence-electron chi connectivity index (χ1n) is 9.84. The molecule has 0 bridgehead atoms. The zero-order chi connectivity index (χ0) is 19.5. The molecule has 2 aliphatic rings. The van der Waals surface area contributed by atoms with E-state index in [-0.39, 0.29) is 11.7 Å². The van der Waals surface area contributed by atoms with E-state index in [0.717, 1.165) is 30.6 Å². The number of para-hydroxylation sites is 1. The highest BCUT2D eigenvalue weighted by atomic mass is 32.1. The number of hydrogen-bond acceptors (Lipinski definition) is 6. The maximum absolute atomic E-state index is 12.8. The molecule has 2 heterocycles. The second kappa shape index (κ2) is 8.22. The van der Waals surface area contributed by atoms with Crippen molar-refractivity contribution in [3.05, 3.63) is 40.9 Å². The van der Waals surface area contributed by atoms with E-state index in [4.69, 9.17) is 0 Å². The first-order valence-corrected chi connectivity index (χ1v) is 10.7. The fourth-order valence-corrected chi connectivity index (χ4v) is 4.76. The van der Waals surface area contributed by atoms with Crippen LogP contribution in [0, 0.1) is 0 Å². The van der Waals surface area contributed by atoms with Gasteiger partial charge in [0.25, 0.3) is 5.91 Å². The third-order valence-corrected chi connectivity index (χ3v) is 6.30. The maximum atomic E-state index is 12.8. The maximum Gasteiger partial charge on any atom is 0.273 e. The third kappa shape index (κ3) is 3.99. The number of nitrogens with zero attached hydrogens (tertiary/aromatic N) is 3. The largest absolute Gasteiger partial charge is 0.298 e. The van der Waals surface area contributed by atoms with Crippen LogP contribution in [0.5, 0.6) is 0 Å². The van der Waals surface area contributed by atoms with Gasteiger partial charge in [-0.15, -0.1) is 11.3 Å². The second-order valence-corrected chi connectivity index (χ2v) is 8.40. The van der Waals surface area contributed by atoms with Crippen LogP contribution in [0.1, 0.15) is 49.6 Å². The number of amides is 1. The van der Waals surface area contributed by atoms with Crippen molar-refractivity contribution >= 4 is 39.6 Å². The van der Waals surface area contributed by atoms with Crippen molar-refractivity contribution in [1.29, 1.82) is 0 Å². The highest BCUT2D eigenvalue weighted by molar-refractivity contribution is 7.16. The van der Waals surface area contributed by atoms with Gasteiger partial charge in [0.1, 0.15) is 11.8 Å². The van der Waals surface area contributed by atoms with Crippen LogP contribution in [0.15, 0.2) is 35.4 Å². The molecule has 0 radical (unpaired) electrons. The van der Waals surface area contributed by atoms with Crippen LogP contribution in [-0.2, 0) is 22.4 Å². The number of carbonyl (C=O) groups is 2. The van der Waals surface area contributed by atoms with Gasteiger partial charge in [0.2, 0.25) is 0 Å². The van der Waals surface area contributed by atoms with Gasteiger partial charge in [0, 0.05) is 11.3 Å². The molecule has 0 saturated carbocycles. The van der Waals surface area contributed by atoms with E-state index in [1.807, 2.05) is 30.3 Å². The van der Waals surface area contributed by atoms with Gasteiger partial charge in [0.05, 0.1) is 11.4 Å². The summed E-state index contributed by atoms with van der Waals surface area (Å²) in [5.74, 6) is -0.279. The minimum absolute atomic E-state index is 0.00684. The van der Waals surface area contributed by atoms with Crippen LogP contribution in [-0.4, -0.2) is 28.4 Å². The average molecular weight is 397 g/mol. The Kier molecular flexibility index (Phi) is 5.52. The summed E-state index contributed by atoms with van der Waals surface area (Å²) < 4.78 is 0. The molecule has 1 aromatic heterocycles. The summed E-state index contributed by atoms with van der Waals surface area (Å²) in [5.41, 5.74) is 2.30. The smallest absolute Gasteiger partial charge is 0.273 e. The monoisotopic (exact) mass is 396 g/mol. The van der Waals surface area contributed by atoms with Gasteiger partial charge in [0.15, 0.2) is 10.9 Å². The zero-order valence-electron chi connectivity index (χ0n) is 16.0. The molecule has 4 rings (SSSR count). The summed E-state index contributed by atoms with van der Waals surface area (Å²) >= 11 is 1.57. The number of ketones is 1. The lowest BCUT2D eigenvalue weighted by Gasteiger charge is -2.20. The number of benzene rings is 1. The van der Waals surface area contributed by atoms with Crippen LogP contribution in [0.4, 0.5) is 10.8 Å². The molecule has 1 aromatic carbocycles. The molecule has 2 aromatic rings. The van der Waals surface area contributed by atoms with Crippen molar-refractivity contribution in [3.8, 4) is 0 Å². The average Bonchev–Trinajstić information content (AvgIpc) is 3.27. The van der Waals surface area contributed by atoms with E-state index in [1.165, 1.54) is 31.1 Å². The molecule has 7 heteroatoms. The summed E-state index contributed by atoms with van der Waals surface area (Å²) in [6, 6.07) is 9.03. The number of aromatic nitrogens is 1. The molecule has 1 unspecified atom stereocenters. The number of nitrogens with one attached hydrogen (secondary N) is 1. The molecule has 146 valence electrons. The van der Waals surface area contributed by atoms with E-state index < -0.39 is 6.04 Å². The zero-order valence-corrected chi connectivity index (χ0v) is 16.8. The molecular weight excluding hydrogens is 372 g/mol. The molecule has 1 atom stereocenters. The fourth-order valence-electron chi connectivity index (χ4n) is 3.71. The summed E-state index contributed by atoms with van der Waals surface area (Å²) in [7, 11) is 0. The summed E-state index contributed by atoms with van der Waals surface area (Å²) in [6.45, 7) is 1.54. The minimum Gasteiger partial charge on any atom is -0.298 e. The van der Waals surface area contributed by atoms with Crippen molar-refractivity contribution in [2.24, 2.45) is 5.10 Å². The van der Waals surface area contributed by atoms with Crippen molar-refractivity contribution < 1.29 is 9.59 Å².